The van der Waals surface area contributed by atoms with Gasteiger partial charge in [-0.3, -0.25) is 4.79 Å². The molecule has 0 spiro atoms. The van der Waals surface area contributed by atoms with Crippen LogP contribution in [0.25, 0.3) is 0 Å². The number of amides is 3. The minimum absolute atomic E-state index is 0.162. The first-order valence-corrected chi connectivity index (χ1v) is 13.5. The van der Waals surface area contributed by atoms with Gasteiger partial charge in [-0.15, -0.1) is 0 Å². The summed E-state index contributed by atoms with van der Waals surface area (Å²) in [5.74, 6) is -0.162. The standard InChI is InChI=1S/C31H29BrN4O2/c32-27-12-6-7-13-28(27)35-31(38)34-25-14-15-29(36-19-17-23-10-4-5-11-24(23)21-36)26(20-25)30(37)33-18-16-22-8-2-1-3-9-22/h1-15,20H,16-19,21H2,(H,33,37)(H2,34,35,38). The van der Waals surface area contributed by atoms with Gasteiger partial charge in [0.1, 0.15) is 0 Å². The number of para-hydroxylation sites is 1. The van der Waals surface area contributed by atoms with Gasteiger partial charge in [0.05, 0.1) is 11.3 Å². The van der Waals surface area contributed by atoms with Gasteiger partial charge < -0.3 is 20.9 Å². The summed E-state index contributed by atoms with van der Waals surface area (Å²) in [6, 6.07) is 31.1. The number of anilines is 3. The van der Waals surface area contributed by atoms with Crippen LogP contribution in [0.15, 0.2) is 102 Å². The molecule has 3 amide bonds. The van der Waals surface area contributed by atoms with Crippen molar-refractivity contribution in [2.45, 2.75) is 19.4 Å². The Bertz CT molecular complexity index is 1440. The predicted octanol–water partition coefficient (Wildman–Crippen LogP) is 6.63. The SMILES string of the molecule is O=C(Nc1ccc(N2CCc3ccccc3C2)c(C(=O)NCCc2ccccc2)c1)Nc1ccccc1Br. The molecule has 1 aliphatic heterocycles. The van der Waals surface area contributed by atoms with Crippen LogP contribution in [-0.4, -0.2) is 25.0 Å². The zero-order chi connectivity index (χ0) is 26.3. The number of nitrogens with zero attached hydrogens (tertiary/aromatic N) is 1. The van der Waals surface area contributed by atoms with Crippen LogP contribution in [0.3, 0.4) is 0 Å². The molecule has 192 valence electrons. The van der Waals surface area contributed by atoms with Gasteiger partial charge in [0.2, 0.25) is 0 Å². The fraction of sp³-hybridized carbons (Fsp3) is 0.161. The molecule has 6 nitrogen and oxygen atoms in total. The van der Waals surface area contributed by atoms with Crippen molar-refractivity contribution in [1.82, 2.24) is 5.32 Å². The van der Waals surface area contributed by atoms with E-state index in [0.717, 1.165) is 36.1 Å². The van der Waals surface area contributed by atoms with Crippen molar-refractivity contribution in [3.8, 4) is 0 Å². The largest absolute Gasteiger partial charge is 0.366 e. The van der Waals surface area contributed by atoms with E-state index < -0.39 is 0 Å². The van der Waals surface area contributed by atoms with Crippen molar-refractivity contribution in [1.29, 1.82) is 0 Å². The number of rotatable bonds is 7. The number of carbonyl (C=O) groups excluding carboxylic acids is 2. The Labute approximate surface area is 231 Å². The quantitative estimate of drug-likeness (QED) is 0.234. The van der Waals surface area contributed by atoms with E-state index in [9.17, 15) is 9.59 Å². The van der Waals surface area contributed by atoms with Crippen molar-refractivity contribution in [2.75, 3.05) is 28.6 Å². The number of urea groups is 1. The lowest BCUT2D eigenvalue weighted by molar-refractivity contribution is 0.0954. The van der Waals surface area contributed by atoms with Crippen LogP contribution < -0.4 is 20.9 Å². The van der Waals surface area contributed by atoms with Crippen molar-refractivity contribution in [2.24, 2.45) is 0 Å². The highest BCUT2D eigenvalue weighted by Gasteiger charge is 2.22. The smallest absolute Gasteiger partial charge is 0.323 e. The molecule has 3 N–H and O–H groups in total. The Morgan fingerprint density at radius 3 is 2.37 bits per heavy atom. The molecule has 7 heteroatoms. The molecule has 0 fully saturated rings. The molecule has 0 saturated carbocycles. The molecule has 1 heterocycles. The maximum absolute atomic E-state index is 13.4. The molecule has 0 aliphatic carbocycles. The molecule has 0 radical (unpaired) electrons. The first kappa shape index (κ1) is 25.5. The predicted molar refractivity (Wildman–Crippen MR) is 157 cm³/mol. The minimum Gasteiger partial charge on any atom is -0.366 e. The summed E-state index contributed by atoms with van der Waals surface area (Å²) in [6.07, 6.45) is 1.66. The molecule has 0 atom stereocenters. The zero-order valence-corrected chi connectivity index (χ0v) is 22.5. The van der Waals surface area contributed by atoms with Crippen LogP contribution in [0, 0.1) is 0 Å². The Kier molecular flexibility index (Phi) is 8.04. The van der Waals surface area contributed by atoms with Gasteiger partial charge in [-0.2, -0.15) is 0 Å². The van der Waals surface area contributed by atoms with Crippen molar-refractivity contribution >= 4 is 44.9 Å². The molecular weight excluding hydrogens is 540 g/mol. The van der Waals surface area contributed by atoms with Gasteiger partial charge in [0.25, 0.3) is 5.91 Å². The van der Waals surface area contributed by atoms with Crippen molar-refractivity contribution in [3.63, 3.8) is 0 Å². The average Bonchev–Trinajstić information content (AvgIpc) is 2.94. The number of carbonyl (C=O) groups is 2. The Balaban J connectivity index is 1.35. The lowest BCUT2D eigenvalue weighted by Crippen LogP contribution is -2.33. The minimum atomic E-state index is -0.382. The van der Waals surface area contributed by atoms with E-state index in [0.29, 0.717) is 23.5 Å². The van der Waals surface area contributed by atoms with E-state index in [4.69, 9.17) is 0 Å². The summed E-state index contributed by atoms with van der Waals surface area (Å²) < 4.78 is 0.786. The van der Waals surface area contributed by atoms with E-state index in [1.165, 1.54) is 16.7 Å². The number of fused-ring (bicyclic) bond motifs is 1. The van der Waals surface area contributed by atoms with Crippen LogP contribution in [0.1, 0.15) is 27.0 Å². The first-order valence-electron chi connectivity index (χ1n) is 12.7. The van der Waals surface area contributed by atoms with E-state index in [2.05, 4.69) is 73.2 Å². The van der Waals surface area contributed by atoms with Crippen LogP contribution in [0.5, 0.6) is 0 Å². The second-order valence-electron chi connectivity index (χ2n) is 9.22. The van der Waals surface area contributed by atoms with E-state index >= 15 is 0 Å². The summed E-state index contributed by atoms with van der Waals surface area (Å²) in [7, 11) is 0. The fourth-order valence-corrected chi connectivity index (χ4v) is 5.06. The average molecular weight is 570 g/mol. The molecule has 38 heavy (non-hydrogen) atoms. The Hall–Kier alpha value is -4.10. The van der Waals surface area contributed by atoms with Gasteiger partial charge in [0, 0.05) is 35.5 Å². The number of halogens is 1. The molecule has 1 aliphatic rings. The number of nitrogens with one attached hydrogen (secondary N) is 3. The summed E-state index contributed by atoms with van der Waals surface area (Å²) in [6.45, 7) is 2.07. The maximum Gasteiger partial charge on any atom is 0.323 e. The topological polar surface area (TPSA) is 73.5 Å². The van der Waals surface area contributed by atoms with Gasteiger partial charge in [0.15, 0.2) is 0 Å². The van der Waals surface area contributed by atoms with Crippen molar-refractivity contribution in [3.05, 3.63) is 124 Å². The third-order valence-electron chi connectivity index (χ3n) is 6.63. The normalized spacial score (nSPS) is 12.4. The fourth-order valence-electron chi connectivity index (χ4n) is 4.68. The van der Waals surface area contributed by atoms with E-state index in [1.54, 1.807) is 6.07 Å². The number of hydrogen-bond acceptors (Lipinski definition) is 3. The zero-order valence-electron chi connectivity index (χ0n) is 20.9. The third-order valence-corrected chi connectivity index (χ3v) is 7.33. The molecule has 5 rings (SSSR count). The molecule has 4 aromatic rings. The van der Waals surface area contributed by atoms with Gasteiger partial charge in [-0.05, 0) is 75.8 Å². The molecular formula is C31H29BrN4O2. The highest BCUT2D eigenvalue weighted by Crippen LogP contribution is 2.30. The summed E-state index contributed by atoms with van der Waals surface area (Å²) in [5.41, 5.74) is 6.38. The van der Waals surface area contributed by atoms with E-state index in [-0.39, 0.29) is 11.9 Å². The molecule has 0 aromatic heterocycles. The molecule has 0 saturated heterocycles. The lowest BCUT2D eigenvalue weighted by Gasteiger charge is -2.32. The first-order chi connectivity index (χ1) is 18.6. The van der Waals surface area contributed by atoms with Gasteiger partial charge >= 0.3 is 6.03 Å². The second kappa shape index (κ2) is 12.0. The second-order valence-corrected chi connectivity index (χ2v) is 10.1. The highest BCUT2D eigenvalue weighted by atomic mass is 79.9. The number of benzene rings is 4. The number of hydrogen-bond donors (Lipinski definition) is 3. The van der Waals surface area contributed by atoms with Crippen LogP contribution in [0.2, 0.25) is 0 Å². The highest BCUT2D eigenvalue weighted by molar-refractivity contribution is 9.10. The van der Waals surface area contributed by atoms with Crippen LogP contribution in [-0.2, 0) is 19.4 Å². The van der Waals surface area contributed by atoms with Crippen LogP contribution >= 0.6 is 15.9 Å². The van der Waals surface area contributed by atoms with Crippen LogP contribution in [0.4, 0.5) is 21.9 Å². The Morgan fingerprint density at radius 1 is 0.816 bits per heavy atom. The molecule has 0 bridgehead atoms. The van der Waals surface area contributed by atoms with Gasteiger partial charge in [-0.25, -0.2) is 4.79 Å². The lowest BCUT2D eigenvalue weighted by atomic mass is 9.98. The summed E-state index contributed by atoms with van der Waals surface area (Å²) in [5, 5.41) is 8.79. The van der Waals surface area contributed by atoms with E-state index in [1.807, 2.05) is 54.6 Å². The summed E-state index contributed by atoms with van der Waals surface area (Å²) >= 11 is 3.45. The monoisotopic (exact) mass is 568 g/mol. The van der Waals surface area contributed by atoms with Gasteiger partial charge in [-0.1, -0.05) is 66.7 Å². The van der Waals surface area contributed by atoms with Crippen molar-refractivity contribution < 1.29 is 9.59 Å². The maximum atomic E-state index is 13.4. The summed E-state index contributed by atoms with van der Waals surface area (Å²) in [4.78, 5) is 28.4. The molecule has 0 unspecified atom stereocenters. The third kappa shape index (κ3) is 6.23. The molecule has 4 aromatic carbocycles. The Morgan fingerprint density at radius 2 is 1.55 bits per heavy atom.